The molecule has 1 aromatic carbocycles. The normalized spacial score (nSPS) is 14.0. The molecule has 0 radical (unpaired) electrons. The van der Waals surface area contributed by atoms with E-state index in [9.17, 15) is 0 Å². The lowest BCUT2D eigenvalue weighted by Crippen LogP contribution is -2.18. The van der Waals surface area contributed by atoms with E-state index in [-0.39, 0.29) is 0 Å². The number of aromatic nitrogens is 3. The van der Waals surface area contributed by atoms with Crippen LogP contribution in [0.25, 0.3) is 22.5 Å². The van der Waals surface area contributed by atoms with Gasteiger partial charge in [-0.2, -0.15) is 4.98 Å². The van der Waals surface area contributed by atoms with E-state index in [1.165, 1.54) is 0 Å². The van der Waals surface area contributed by atoms with Gasteiger partial charge in [0.05, 0.1) is 5.02 Å². The van der Waals surface area contributed by atoms with E-state index in [2.05, 4.69) is 30.9 Å². The Hall–Kier alpha value is -2.11. The summed E-state index contributed by atoms with van der Waals surface area (Å²) in [6.45, 7) is 4.32. The van der Waals surface area contributed by atoms with Crippen molar-refractivity contribution >= 4 is 29.0 Å². The molecule has 24 heavy (non-hydrogen) atoms. The smallest absolute Gasteiger partial charge is 0.246 e. The Morgan fingerprint density at radius 1 is 1.25 bits per heavy atom. The highest BCUT2D eigenvalue weighted by Gasteiger charge is 2.23. The number of fused-ring (bicyclic) bond motifs is 3. The zero-order chi connectivity index (χ0) is 16.7. The van der Waals surface area contributed by atoms with Crippen molar-refractivity contribution in [1.29, 1.82) is 0 Å². The number of anilines is 1. The predicted molar refractivity (Wildman–Crippen MR) is 96.7 cm³/mol. The molecule has 5 nitrogen and oxygen atoms in total. The summed E-state index contributed by atoms with van der Waals surface area (Å²) in [4.78, 5) is 13.2. The van der Waals surface area contributed by atoms with E-state index < -0.39 is 0 Å². The van der Waals surface area contributed by atoms with Crippen LogP contribution >= 0.6 is 23.2 Å². The topological polar surface area (TPSA) is 55.1 Å². The standard InChI is InChI=1S/C17H15Cl2N5/c1-2-20-17-22-9-10-7-13(12-4-3-11(18)8-14(12)19)16-21-5-6-24(16)15(10)23-17/h3-4,7-9,21H,2,5-6H2,1H3. The molecule has 1 N–H and O–H groups in total. The second-order valence-corrected chi connectivity index (χ2v) is 6.38. The summed E-state index contributed by atoms with van der Waals surface area (Å²) in [5.74, 6) is 1.89. The monoisotopic (exact) mass is 359 g/mol. The largest absolute Gasteiger partial charge is 0.369 e. The Labute approximate surface area is 149 Å². The van der Waals surface area contributed by atoms with Crippen molar-refractivity contribution in [1.82, 2.24) is 14.5 Å². The van der Waals surface area contributed by atoms with Gasteiger partial charge in [0.15, 0.2) is 0 Å². The van der Waals surface area contributed by atoms with Crippen LogP contribution in [0.2, 0.25) is 10.0 Å². The van der Waals surface area contributed by atoms with Crippen molar-refractivity contribution in [2.75, 3.05) is 18.4 Å². The maximum absolute atomic E-state index is 6.42. The number of hydrogen-bond donors (Lipinski definition) is 1. The summed E-state index contributed by atoms with van der Waals surface area (Å²) >= 11 is 12.4. The van der Waals surface area contributed by atoms with Crippen molar-refractivity contribution in [3.63, 3.8) is 0 Å². The number of halogens is 2. The molecular weight excluding hydrogens is 345 g/mol. The summed E-state index contributed by atoms with van der Waals surface area (Å²) < 4.78 is 2.16. The average Bonchev–Trinajstić information content (AvgIpc) is 3.05. The molecule has 0 aliphatic carbocycles. The molecule has 1 aromatic rings. The zero-order valence-electron chi connectivity index (χ0n) is 13.1. The van der Waals surface area contributed by atoms with Crippen molar-refractivity contribution in [3.8, 4) is 22.5 Å². The highest BCUT2D eigenvalue weighted by molar-refractivity contribution is 6.36. The first-order valence-electron chi connectivity index (χ1n) is 7.77. The maximum atomic E-state index is 6.42. The van der Waals surface area contributed by atoms with Crippen LogP contribution in [-0.2, 0) is 6.54 Å². The van der Waals surface area contributed by atoms with Crippen molar-refractivity contribution in [3.05, 3.63) is 46.1 Å². The van der Waals surface area contributed by atoms with Gasteiger partial charge in [-0.05, 0) is 25.1 Å². The molecule has 0 amide bonds. The van der Waals surface area contributed by atoms with Crippen molar-refractivity contribution in [2.24, 2.45) is 4.99 Å². The highest BCUT2D eigenvalue weighted by Crippen LogP contribution is 2.40. The lowest BCUT2D eigenvalue weighted by molar-refractivity contribution is 0.776. The van der Waals surface area contributed by atoms with Crippen LogP contribution in [0.15, 0.2) is 35.5 Å². The number of hydrogen-bond acceptors (Lipinski definition) is 4. The molecule has 0 saturated carbocycles. The predicted octanol–water partition coefficient (Wildman–Crippen LogP) is 3.70. The lowest BCUT2D eigenvalue weighted by atomic mass is 10.0. The maximum Gasteiger partial charge on any atom is 0.246 e. The molecule has 0 fully saturated rings. The Morgan fingerprint density at radius 3 is 2.92 bits per heavy atom. The van der Waals surface area contributed by atoms with E-state index >= 15 is 0 Å². The van der Waals surface area contributed by atoms with Crippen LogP contribution in [0.1, 0.15) is 6.92 Å². The summed E-state index contributed by atoms with van der Waals surface area (Å²) in [5.41, 5.74) is 3.43. The number of nitrogens with zero attached hydrogens (tertiary/aromatic N) is 4. The Bertz CT molecular complexity index is 964. The van der Waals surface area contributed by atoms with Crippen LogP contribution in [-0.4, -0.2) is 27.6 Å². The fourth-order valence-corrected chi connectivity index (χ4v) is 3.50. The minimum absolute atomic E-state index is 0.517. The van der Waals surface area contributed by atoms with Gasteiger partial charge in [-0.15, -0.1) is 0 Å². The van der Waals surface area contributed by atoms with Gasteiger partial charge in [0.2, 0.25) is 5.62 Å². The van der Waals surface area contributed by atoms with Gasteiger partial charge in [0.1, 0.15) is 11.6 Å². The average molecular weight is 360 g/mol. The molecule has 0 atom stereocenters. The van der Waals surface area contributed by atoms with Crippen LogP contribution < -0.4 is 10.9 Å². The molecule has 0 bridgehead atoms. The van der Waals surface area contributed by atoms with Crippen LogP contribution in [0, 0.1) is 0 Å². The summed E-state index contributed by atoms with van der Waals surface area (Å²) in [7, 11) is 0. The van der Waals surface area contributed by atoms with Gasteiger partial charge >= 0.3 is 0 Å². The highest BCUT2D eigenvalue weighted by atomic mass is 35.5. The third-order valence-corrected chi connectivity index (χ3v) is 4.56. The molecule has 3 aliphatic heterocycles. The quantitative estimate of drug-likeness (QED) is 0.758. The van der Waals surface area contributed by atoms with Crippen LogP contribution in [0.5, 0.6) is 0 Å². The third kappa shape index (κ3) is 2.54. The van der Waals surface area contributed by atoms with Gasteiger partial charge in [-0.3, -0.25) is 0 Å². The first-order chi connectivity index (χ1) is 11.7. The van der Waals surface area contributed by atoms with Crippen molar-refractivity contribution < 1.29 is 0 Å². The molecule has 4 rings (SSSR count). The fourth-order valence-electron chi connectivity index (χ4n) is 2.99. The van der Waals surface area contributed by atoms with Crippen LogP contribution in [0.4, 0.5) is 5.82 Å². The lowest BCUT2D eigenvalue weighted by Gasteiger charge is -2.17. The van der Waals surface area contributed by atoms with E-state index in [0.29, 0.717) is 22.2 Å². The number of nitrogens with one attached hydrogen (secondary N) is 1. The van der Waals surface area contributed by atoms with E-state index in [4.69, 9.17) is 23.2 Å². The fraction of sp³-hybridized carbons (Fsp3) is 0.235. The number of pyridine rings is 1. The Morgan fingerprint density at radius 2 is 2.12 bits per heavy atom. The second kappa shape index (κ2) is 6.07. The van der Waals surface area contributed by atoms with Gasteiger partial charge in [0, 0.05) is 47.5 Å². The first kappa shape index (κ1) is 15.4. The number of benzene rings is 1. The molecule has 122 valence electrons. The summed E-state index contributed by atoms with van der Waals surface area (Å²) in [6, 6.07) is 7.60. The molecule has 0 aromatic heterocycles. The third-order valence-electron chi connectivity index (χ3n) is 4.01. The van der Waals surface area contributed by atoms with Crippen molar-refractivity contribution in [2.45, 2.75) is 13.5 Å². The van der Waals surface area contributed by atoms with Gasteiger partial charge in [-0.1, -0.05) is 29.3 Å². The van der Waals surface area contributed by atoms with Gasteiger partial charge in [0.25, 0.3) is 0 Å². The van der Waals surface area contributed by atoms with E-state index in [1.807, 2.05) is 25.3 Å². The minimum Gasteiger partial charge on any atom is -0.369 e. The van der Waals surface area contributed by atoms with E-state index in [1.54, 1.807) is 6.07 Å². The number of rotatable bonds is 2. The molecular formula is C17H15Cl2N5. The molecule has 0 unspecified atom stereocenters. The summed E-state index contributed by atoms with van der Waals surface area (Å²) in [5, 5.41) is 4.68. The molecule has 0 saturated heterocycles. The van der Waals surface area contributed by atoms with Gasteiger partial charge in [-0.25, -0.2) is 9.98 Å². The van der Waals surface area contributed by atoms with Gasteiger partial charge < -0.3 is 9.88 Å². The SMILES string of the molecule is CCN=c1ncc2cc(-c3ccc(Cl)cc3Cl)c3n(c-2n1)CCN3. The zero-order valence-corrected chi connectivity index (χ0v) is 14.6. The van der Waals surface area contributed by atoms with E-state index in [0.717, 1.165) is 41.4 Å². The summed E-state index contributed by atoms with van der Waals surface area (Å²) in [6.07, 6.45) is 1.82. The molecule has 3 heterocycles. The molecule has 7 heteroatoms. The first-order valence-corrected chi connectivity index (χ1v) is 8.53. The Kier molecular flexibility index (Phi) is 3.90. The van der Waals surface area contributed by atoms with Crippen LogP contribution in [0.3, 0.4) is 0 Å². The minimum atomic E-state index is 0.517. The molecule has 0 spiro atoms. The second-order valence-electron chi connectivity index (χ2n) is 5.53. The Balaban J connectivity index is 2.00. The molecule has 3 aliphatic rings.